The number of nitrogens with two attached hydrogens (primary N) is 1. The molecule has 0 aliphatic carbocycles. The molecular formula is C39H46F2N4O3S. The summed E-state index contributed by atoms with van der Waals surface area (Å²) in [6.45, 7) is 9.94. The van der Waals surface area contributed by atoms with E-state index in [9.17, 15) is 9.90 Å². The standard InChI is InChI=1S/C39H46F2N4O3S/c1-37(2)15-8-16-39(5,25-10-7-9-24(19-25)22-38(3,4)36(46)47)35(42)45-34(43-6)29-20-26(11-12-30(29)40)48-33-28(14-18-49-23-37)27-13-17-44-32(27)21-31(33)41/h7,9-13,17,19-21,44H,8,14-16,18,22-23H2,1-6H3,(H,46,47)(H2,42,43,45). The predicted octanol–water partition coefficient (Wildman–Crippen LogP) is 9.07. The summed E-state index contributed by atoms with van der Waals surface area (Å²) in [6.07, 6.45) is 5.12. The zero-order valence-corrected chi connectivity index (χ0v) is 29.9. The molecule has 0 amide bonds. The number of nitrogens with one attached hydrogen (secondary N) is 1. The van der Waals surface area contributed by atoms with Gasteiger partial charge in [0, 0.05) is 41.2 Å². The van der Waals surface area contributed by atoms with E-state index < -0.39 is 28.4 Å². The van der Waals surface area contributed by atoms with Crippen LogP contribution < -0.4 is 10.5 Å². The first-order valence-electron chi connectivity index (χ1n) is 16.6. The zero-order chi connectivity index (χ0) is 35.6. The van der Waals surface area contributed by atoms with Gasteiger partial charge in [0.2, 0.25) is 0 Å². The molecule has 1 aliphatic heterocycles. The second-order valence-corrected chi connectivity index (χ2v) is 15.7. The lowest BCUT2D eigenvalue weighted by Crippen LogP contribution is -2.40. The van der Waals surface area contributed by atoms with Gasteiger partial charge in [-0.1, -0.05) is 44.5 Å². The Morgan fingerprint density at radius 3 is 2.61 bits per heavy atom. The summed E-state index contributed by atoms with van der Waals surface area (Å²) in [5.41, 5.74) is 8.45. The fraction of sp³-hybridized carbons (Fsp3) is 0.410. The second-order valence-electron chi connectivity index (χ2n) is 14.6. The summed E-state index contributed by atoms with van der Waals surface area (Å²) in [5, 5.41) is 10.7. The molecule has 10 heteroatoms. The Morgan fingerprint density at radius 2 is 1.88 bits per heavy atom. The number of aromatic amines is 1. The maximum atomic E-state index is 15.6. The zero-order valence-electron chi connectivity index (χ0n) is 29.1. The van der Waals surface area contributed by atoms with Crippen LogP contribution in [0.1, 0.15) is 76.1 Å². The number of amidine groups is 2. The van der Waals surface area contributed by atoms with Crippen molar-refractivity contribution in [2.75, 3.05) is 18.6 Å². The molecule has 0 saturated carbocycles. The van der Waals surface area contributed by atoms with E-state index in [1.807, 2.05) is 49.0 Å². The van der Waals surface area contributed by atoms with Crippen LogP contribution in [0.15, 0.2) is 70.8 Å². The van der Waals surface area contributed by atoms with Gasteiger partial charge in [0.25, 0.3) is 0 Å². The number of aryl methyl sites for hydroxylation is 1. The molecule has 3 aromatic carbocycles. The monoisotopic (exact) mass is 688 g/mol. The molecule has 1 aromatic heterocycles. The van der Waals surface area contributed by atoms with Gasteiger partial charge in [-0.3, -0.25) is 9.79 Å². The molecule has 7 nitrogen and oxygen atoms in total. The predicted molar refractivity (Wildman–Crippen MR) is 196 cm³/mol. The smallest absolute Gasteiger partial charge is 0.309 e. The van der Waals surface area contributed by atoms with Gasteiger partial charge < -0.3 is 20.6 Å². The lowest BCUT2D eigenvalue weighted by atomic mass is 9.74. The van der Waals surface area contributed by atoms with Crippen molar-refractivity contribution >= 4 is 40.3 Å². The highest BCUT2D eigenvalue weighted by molar-refractivity contribution is 7.99. The Balaban J connectivity index is 1.61. The first-order valence-corrected chi connectivity index (χ1v) is 17.8. The molecule has 4 aromatic rings. The number of ether oxygens (including phenoxy) is 1. The summed E-state index contributed by atoms with van der Waals surface area (Å²) >= 11 is 1.83. The van der Waals surface area contributed by atoms with Crippen LogP contribution in [0.3, 0.4) is 0 Å². The van der Waals surface area contributed by atoms with Gasteiger partial charge in [0.1, 0.15) is 17.4 Å². The summed E-state index contributed by atoms with van der Waals surface area (Å²) in [7, 11) is 1.52. The van der Waals surface area contributed by atoms with Crippen molar-refractivity contribution in [3.8, 4) is 11.5 Å². The number of hydrogen-bond acceptors (Lipinski definition) is 5. The Morgan fingerprint density at radius 1 is 1.10 bits per heavy atom. The number of fused-ring (bicyclic) bond motifs is 5. The van der Waals surface area contributed by atoms with Crippen LogP contribution in [-0.4, -0.2) is 46.3 Å². The lowest BCUT2D eigenvalue weighted by molar-refractivity contribution is -0.146. The molecule has 0 spiro atoms. The van der Waals surface area contributed by atoms with Crippen LogP contribution in [-0.2, 0) is 23.1 Å². The van der Waals surface area contributed by atoms with Crippen molar-refractivity contribution in [2.24, 2.45) is 26.5 Å². The Hall–Kier alpha value is -4.18. The van der Waals surface area contributed by atoms with E-state index in [1.54, 1.807) is 20.0 Å². The van der Waals surface area contributed by atoms with E-state index >= 15 is 8.78 Å². The number of thioether (sulfide) groups is 1. The van der Waals surface area contributed by atoms with Crippen molar-refractivity contribution in [3.05, 3.63) is 94.7 Å². The highest BCUT2D eigenvalue weighted by Gasteiger charge is 2.34. The molecule has 0 radical (unpaired) electrons. The minimum atomic E-state index is -0.956. The SMILES string of the molecule is CN=C1N=C(N)C(C)(c2cccc(CC(C)(C)C(=O)O)c2)CCCC(C)(C)CSCCc2c(c(F)cc3[nH]ccc23)Oc2ccc(F)c1c2. The number of aromatic nitrogens is 1. The molecule has 1 aliphatic rings. The summed E-state index contributed by atoms with van der Waals surface area (Å²) in [5.74, 6) is 0.412. The number of rotatable bonds is 4. The van der Waals surface area contributed by atoms with Crippen LogP contribution >= 0.6 is 11.8 Å². The number of carbonyl (C=O) groups is 1. The van der Waals surface area contributed by atoms with E-state index in [0.29, 0.717) is 24.8 Å². The molecule has 260 valence electrons. The maximum Gasteiger partial charge on any atom is 0.309 e. The van der Waals surface area contributed by atoms with E-state index in [4.69, 9.17) is 15.5 Å². The lowest BCUT2D eigenvalue weighted by Gasteiger charge is -2.33. The fourth-order valence-electron chi connectivity index (χ4n) is 6.45. The summed E-state index contributed by atoms with van der Waals surface area (Å²) < 4.78 is 37.3. The van der Waals surface area contributed by atoms with Crippen LogP contribution in [0.4, 0.5) is 8.78 Å². The Kier molecular flexibility index (Phi) is 10.6. The van der Waals surface area contributed by atoms with Gasteiger partial charge in [0.05, 0.1) is 11.0 Å². The third-order valence-electron chi connectivity index (χ3n) is 9.58. The second kappa shape index (κ2) is 14.4. The Labute approximate surface area is 291 Å². The third kappa shape index (κ3) is 8.01. The molecule has 1 atom stereocenters. The highest BCUT2D eigenvalue weighted by Crippen LogP contribution is 2.39. The fourth-order valence-corrected chi connectivity index (χ4v) is 7.64. The molecular weight excluding hydrogens is 643 g/mol. The summed E-state index contributed by atoms with van der Waals surface area (Å²) in [6, 6.07) is 15.4. The molecule has 4 N–H and O–H groups in total. The molecule has 2 heterocycles. The normalized spacial score (nSPS) is 20.2. The van der Waals surface area contributed by atoms with Crippen LogP contribution in [0.2, 0.25) is 0 Å². The van der Waals surface area contributed by atoms with Crippen molar-refractivity contribution in [2.45, 2.75) is 72.1 Å². The molecule has 0 saturated heterocycles. The molecule has 49 heavy (non-hydrogen) atoms. The number of aliphatic carboxylic acids is 1. The van der Waals surface area contributed by atoms with Crippen molar-refractivity contribution in [1.82, 2.24) is 4.98 Å². The highest BCUT2D eigenvalue weighted by atomic mass is 32.2. The van der Waals surface area contributed by atoms with Crippen molar-refractivity contribution in [1.29, 1.82) is 0 Å². The van der Waals surface area contributed by atoms with E-state index in [1.165, 1.54) is 31.3 Å². The van der Waals surface area contributed by atoms with Crippen LogP contribution in [0, 0.1) is 22.5 Å². The topological polar surface area (TPSA) is 113 Å². The first kappa shape index (κ1) is 36.1. The number of carboxylic acid groups (broad SMARTS) is 1. The first-order chi connectivity index (χ1) is 23.1. The van der Waals surface area contributed by atoms with Crippen molar-refractivity contribution < 1.29 is 23.4 Å². The van der Waals surface area contributed by atoms with Gasteiger partial charge >= 0.3 is 5.97 Å². The van der Waals surface area contributed by atoms with Crippen LogP contribution in [0.5, 0.6) is 11.5 Å². The third-order valence-corrected chi connectivity index (χ3v) is 11.1. The molecule has 1 unspecified atom stereocenters. The van der Waals surface area contributed by atoms with E-state index in [2.05, 4.69) is 23.8 Å². The number of carboxylic acids is 1. The average Bonchev–Trinajstić information content (AvgIpc) is 3.51. The number of benzene rings is 3. The minimum absolute atomic E-state index is 0.00242. The molecule has 5 rings (SSSR count). The number of nitrogens with zero attached hydrogens (tertiary/aromatic N) is 2. The Bertz CT molecular complexity index is 1920. The van der Waals surface area contributed by atoms with Crippen molar-refractivity contribution in [3.63, 3.8) is 0 Å². The van der Waals surface area contributed by atoms with E-state index in [0.717, 1.165) is 46.4 Å². The number of H-pyrrole nitrogens is 1. The molecule has 2 bridgehead atoms. The van der Waals surface area contributed by atoms with E-state index in [-0.39, 0.29) is 34.1 Å². The maximum absolute atomic E-state index is 15.6. The van der Waals surface area contributed by atoms with Gasteiger partial charge in [-0.2, -0.15) is 11.8 Å². The van der Waals surface area contributed by atoms with Gasteiger partial charge in [-0.05, 0) is 98.8 Å². The van der Waals surface area contributed by atoms with Gasteiger partial charge in [-0.15, -0.1) is 0 Å². The minimum Gasteiger partial charge on any atom is -0.481 e. The number of aliphatic imine (C=N–C) groups is 2. The molecule has 0 fully saturated rings. The van der Waals surface area contributed by atoms with Gasteiger partial charge in [0.15, 0.2) is 17.4 Å². The van der Waals surface area contributed by atoms with Gasteiger partial charge in [-0.25, -0.2) is 13.8 Å². The number of halogens is 2. The number of hydrogen-bond donors (Lipinski definition) is 3. The average molecular weight is 689 g/mol. The largest absolute Gasteiger partial charge is 0.481 e. The summed E-state index contributed by atoms with van der Waals surface area (Å²) in [4.78, 5) is 24.1. The quantitative estimate of drug-likeness (QED) is 0.198. The van der Waals surface area contributed by atoms with Crippen LogP contribution in [0.25, 0.3) is 10.9 Å².